The molecule has 1 fully saturated rings. The average molecular weight is 443 g/mol. The third kappa shape index (κ3) is 6.01. The average Bonchev–Trinajstić information content (AvgIpc) is 2.80. The van der Waals surface area contributed by atoms with Gasteiger partial charge in [-0.05, 0) is 48.6 Å². The summed E-state index contributed by atoms with van der Waals surface area (Å²) in [5.74, 6) is 0.136. The molecule has 0 unspecified atom stereocenters. The van der Waals surface area contributed by atoms with Crippen molar-refractivity contribution in [2.24, 2.45) is 0 Å². The summed E-state index contributed by atoms with van der Waals surface area (Å²) in [6, 6.07) is 14.6. The van der Waals surface area contributed by atoms with Crippen LogP contribution in [0.2, 0.25) is 0 Å². The van der Waals surface area contributed by atoms with Crippen LogP contribution in [0, 0.1) is 6.92 Å². The Morgan fingerprint density at radius 2 is 1.77 bits per heavy atom. The summed E-state index contributed by atoms with van der Waals surface area (Å²) in [6.45, 7) is 2.25. The number of alkyl halides is 1. The van der Waals surface area contributed by atoms with Crippen LogP contribution in [0.1, 0.15) is 54.8 Å². The Hall–Kier alpha value is -2.53. The number of benzene rings is 2. The standard InChI is InChI=1S/C25H31ClN2O3/c1-18-8-6-7-11-22(18)24(25(30)27-20-9-4-3-5-10-20)28(23(29)16-26)17-19-12-14-21(31-2)15-13-19/h6-8,11-15,20,24H,3-5,9-10,16-17H2,1-2H3,(H,27,30)/t24-/m0/s1. The molecule has 0 bridgehead atoms. The zero-order valence-electron chi connectivity index (χ0n) is 18.3. The van der Waals surface area contributed by atoms with Crippen molar-refractivity contribution in [3.05, 3.63) is 65.2 Å². The molecule has 0 aliphatic heterocycles. The van der Waals surface area contributed by atoms with E-state index in [9.17, 15) is 9.59 Å². The van der Waals surface area contributed by atoms with E-state index < -0.39 is 6.04 Å². The Balaban J connectivity index is 1.94. The van der Waals surface area contributed by atoms with E-state index in [1.54, 1.807) is 12.0 Å². The fraction of sp³-hybridized carbons (Fsp3) is 0.440. The highest BCUT2D eigenvalue weighted by atomic mass is 35.5. The van der Waals surface area contributed by atoms with Gasteiger partial charge in [0.05, 0.1) is 7.11 Å². The molecule has 0 aromatic heterocycles. The molecule has 5 nitrogen and oxygen atoms in total. The number of carbonyl (C=O) groups excluding carboxylic acids is 2. The second-order valence-electron chi connectivity index (χ2n) is 8.11. The molecule has 166 valence electrons. The summed E-state index contributed by atoms with van der Waals surface area (Å²) >= 11 is 5.99. The van der Waals surface area contributed by atoms with Gasteiger partial charge in [-0.3, -0.25) is 9.59 Å². The largest absolute Gasteiger partial charge is 0.497 e. The van der Waals surface area contributed by atoms with Crippen LogP contribution in [0.15, 0.2) is 48.5 Å². The van der Waals surface area contributed by atoms with Gasteiger partial charge in [-0.2, -0.15) is 0 Å². The summed E-state index contributed by atoms with van der Waals surface area (Å²) < 4.78 is 5.23. The highest BCUT2D eigenvalue weighted by molar-refractivity contribution is 6.27. The molecule has 3 rings (SSSR count). The number of ether oxygens (including phenoxy) is 1. The number of rotatable bonds is 8. The predicted molar refractivity (Wildman–Crippen MR) is 123 cm³/mol. The van der Waals surface area contributed by atoms with Gasteiger partial charge < -0.3 is 15.0 Å². The van der Waals surface area contributed by atoms with Gasteiger partial charge in [-0.15, -0.1) is 11.6 Å². The van der Waals surface area contributed by atoms with Gasteiger partial charge in [0.15, 0.2) is 0 Å². The summed E-state index contributed by atoms with van der Waals surface area (Å²) in [7, 11) is 1.61. The molecular weight excluding hydrogens is 412 g/mol. The molecule has 2 amide bonds. The zero-order valence-corrected chi connectivity index (χ0v) is 19.0. The van der Waals surface area contributed by atoms with Crippen LogP contribution >= 0.6 is 11.6 Å². The number of nitrogens with zero attached hydrogens (tertiary/aromatic N) is 1. The van der Waals surface area contributed by atoms with Gasteiger partial charge in [-0.25, -0.2) is 0 Å². The smallest absolute Gasteiger partial charge is 0.247 e. The van der Waals surface area contributed by atoms with Crippen LogP contribution in [0.4, 0.5) is 0 Å². The molecular formula is C25H31ClN2O3. The lowest BCUT2D eigenvalue weighted by atomic mass is 9.94. The minimum Gasteiger partial charge on any atom is -0.497 e. The van der Waals surface area contributed by atoms with Crippen molar-refractivity contribution in [3.63, 3.8) is 0 Å². The minimum atomic E-state index is -0.739. The number of aryl methyl sites for hydroxylation is 1. The molecule has 0 saturated heterocycles. The number of methoxy groups -OCH3 is 1. The van der Waals surface area contributed by atoms with E-state index in [-0.39, 0.29) is 30.3 Å². The molecule has 1 N–H and O–H groups in total. The Bertz CT molecular complexity index is 879. The third-order valence-corrected chi connectivity index (χ3v) is 6.17. The molecule has 0 radical (unpaired) electrons. The van der Waals surface area contributed by atoms with E-state index in [0.29, 0.717) is 0 Å². The van der Waals surface area contributed by atoms with E-state index in [1.165, 1.54) is 6.42 Å². The summed E-state index contributed by atoms with van der Waals surface area (Å²) in [5.41, 5.74) is 2.69. The molecule has 1 aliphatic rings. The van der Waals surface area contributed by atoms with Gasteiger partial charge in [0, 0.05) is 12.6 Å². The normalized spacial score (nSPS) is 15.2. The first-order valence-corrected chi connectivity index (χ1v) is 11.4. The Labute approximate surface area is 189 Å². The number of carbonyl (C=O) groups is 2. The maximum Gasteiger partial charge on any atom is 0.247 e. The topological polar surface area (TPSA) is 58.6 Å². The predicted octanol–water partition coefficient (Wildman–Crippen LogP) is 4.76. The van der Waals surface area contributed by atoms with Crippen molar-refractivity contribution in [2.45, 2.75) is 57.7 Å². The molecule has 1 atom stereocenters. The van der Waals surface area contributed by atoms with Crippen LogP contribution in [0.3, 0.4) is 0 Å². The lowest BCUT2D eigenvalue weighted by molar-refractivity contribution is -0.140. The molecule has 6 heteroatoms. The van der Waals surface area contributed by atoms with Crippen molar-refractivity contribution in [2.75, 3.05) is 13.0 Å². The van der Waals surface area contributed by atoms with E-state index in [2.05, 4.69) is 5.32 Å². The number of hydrogen-bond donors (Lipinski definition) is 1. The lowest BCUT2D eigenvalue weighted by Crippen LogP contribution is -2.47. The molecule has 1 saturated carbocycles. The van der Waals surface area contributed by atoms with Crippen molar-refractivity contribution < 1.29 is 14.3 Å². The highest BCUT2D eigenvalue weighted by Gasteiger charge is 2.33. The second kappa shape index (κ2) is 11.2. The quantitative estimate of drug-likeness (QED) is 0.599. The van der Waals surface area contributed by atoms with E-state index in [1.807, 2.05) is 55.5 Å². The van der Waals surface area contributed by atoms with Crippen molar-refractivity contribution in [1.82, 2.24) is 10.2 Å². The Morgan fingerprint density at radius 1 is 1.10 bits per heavy atom. The van der Waals surface area contributed by atoms with Gasteiger partial charge in [0.25, 0.3) is 0 Å². The van der Waals surface area contributed by atoms with E-state index >= 15 is 0 Å². The van der Waals surface area contributed by atoms with Crippen molar-refractivity contribution >= 4 is 23.4 Å². The van der Waals surface area contributed by atoms with Crippen LogP contribution < -0.4 is 10.1 Å². The van der Waals surface area contributed by atoms with E-state index in [4.69, 9.17) is 16.3 Å². The van der Waals surface area contributed by atoms with Gasteiger partial charge in [0.1, 0.15) is 17.7 Å². The number of nitrogens with one attached hydrogen (secondary N) is 1. The van der Waals surface area contributed by atoms with Crippen molar-refractivity contribution in [3.8, 4) is 5.75 Å². The van der Waals surface area contributed by atoms with Crippen LogP contribution in [-0.2, 0) is 16.1 Å². The highest BCUT2D eigenvalue weighted by Crippen LogP contribution is 2.28. The molecule has 2 aromatic carbocycles. The number of hydrogen-bond acceptors (Lipinski definition) is 3. The first-order valence-electron chi connectivity index (χ1n) is 10.9. The van der Waals surface area contributed by atoms with Crippen molar-refractivity contribution in [1.29, 1.82) is 0 Å². The van der Waals surface area contributed by atoms with Gasteiger partial charge >= 0.3 is 0 Å². The van der Waals surface area contributed by atoms with Gasteiger partial charge in [-0.1, -0.05) is 55.7 Å². The first kappa shape index (κ1) is 23.1. The van der Waals surface area contributed by atoms with Crippen LogP contribution in [0.5, 0.6) is 5.75 Å². The minimum absolute atomic E-state index is 0.145. The third-order valence-electron chi connectivity index (χ3n) is 5.94. The number of amides is 2. The second-order valence-corrected chi connectivity index (χ2v) is 8.37. The fourth-order valence-corrected chi connectivity index (χ4v) is 4.35. The van der Waals surface area contributed by atoms with E-state index in [0.717, 1.165) is 48.1 Å². The maximum absolute atomic E-state index is 13.5. The van der Waals surface area contributed by atoms with Crippen LogP contribution in [0.25, 0.3) is 0 Å². The monoisotopic (exact) mass is 442 g/mol. The zero-order chi connectivity index (χ0) is 22.2. The molecule has 0 spiro atoms. The summed E-state index contributed by atoms with van der Waals surface area (Å²) in [5, 5.41) is 3.21. The lowest BCUT2D eigenvalue weighted by Gasteiger charge is -2.34. The molecule has 0 heterocycles. The number of halogens is 1. The molecule has 1 aliphatic carbocycles. The van der Waals surface area contributed by atoms with Crippen LogP contribution in [-0.4, -0.2) is 35.7 Å². The Kier molecular flexibility index (Phi) is 8.35. The molecule has 31 heavy (non-hydrogen) atoms. The summed E-state index contributed by atoms with van der Waals surface area (Å²) in [6.07, 6.45) is 5.41. The SMILES string of the molecule is COc1ccc(CN(C(=O)CCl)[C@H](C(=O)NC2CCCCC2)c2ccccc2C)cc1. The summed E-state index contributed by atoms with van der Waals surface area (Å²) in [4.78, 5) is 28.1. The first-order chi connectivity index (χ1) is 15.0. The fourth-order valence-electron chi connectivity index (χ4n) is 4.20. The maximum atomic E-state index is 13.5. The molecule has 2 aromatic rings. The Morgan fingerprint density at radius 3 is 2.39 bits per heavy atom. The van der Waals surface area contributed by atoms with Gasteiger partial charge in [0.2, 0.25) is 11.8 Å².